The molecule has 3 heterocycles. The van der Waals surface area contributed by atoms with E-state index in [2.05, 4.69) is 41.2 Å². The van der Waals surface area contributed by atoms with Crippen molar-refractivity contribution in [3.05, 3.63) is 22.3 Å². The minimum atomic E-state index is 0.564. The van der Waals surface area contributed by atoms with Crippen LogP contribution in [0.2, 0.25) is 0 Å². The third kappa shape index (κ3) is 2.55. The van der Waals surface area contributed by atoms with Crippen molar-refractivity contribution in [2.45, 2.75) is 13.3 Å². The van der Waals surface area contributed by atoms with E-state index in [0.717, 1.165) is 40.5 Å². The molecule has 0 unspecified atom stereocenters. The Hall–Kier alpha value is -2.22. The van der Waals surface area contributed by atoms with E-state index in [4.69, 9.17) is 0 Å². The Morgan fingerprint density at radius 1 is 1.30 bits per heavy atom. The number of thiazole rings is 1. The lowest BCUT2D eigenvalue weighted by Crippen LogP contribution is -2.08. The van der Waals surface area contributed by atoms with Gasteiger partial charge in [-0.1, -0.05) is 0 Å². The van der Waals surface area contributed by atoms with Gasteiger partial charge in [-0.05, 0) is 6.92 Å². The summed E-state index contributed by atoms with van der Waals surface area (Å²) in [6.45, 7) is 2.78. The van der Waals surface area contributed by atoms with Crippen LogP contribution in [0.3, 0.4) is 0 Å². The molecule has 0 saturated carbocycles. The van der Waals surface area contributed by atoms with Gasteiger partial charge in [0.1, 0.15) is 5.82 Å². The molecule has 0 aliphatic carbocycles. The molecule has 0 aliphatic heterocycles. The maximum Gasteiger partial charge on any atom is 0.226 e. The topological polar surface area (TPSA) is 91.4 Å². The lowest BCUT2D eigenvalue weighted by atomic mass is 10.3. The van der Waals surface area contributed by atoms with Gasteiger partial charge in [0.2, 0.25) is 5.95 Å². The number of aromatic amines is 1. The average molecular weight is 289 g/mol. The summed E-state index contributed by atoms with van der Waals surface area (Å²) in [5, 5.41) is 17.2. The number of rotatable bonds is 5. The number of H-pyrrole nitrogens is 1. The standard InChI is InChI=1S/C12H15N7S/c1-7-16-8(6-20-7)3-4-14-10-9-5-15-19-11(9)18-12(13-2)17-10/h5-6H,3-4H2,1-2H3,(H3,13,14,15,17,18,19). The quantitative estimate of drug-likeness (QED) is 0.663. The Kier molecular flexibility index (Phi) is 3.46. The van der Waals surface area contributed by atoms with Gasteiger partial charge in [-0.15, -0.1) is 11.3 Å². The predicted molar refractivity (Wildman–Crippen MR) is 80.3 cm³/mol. The zero-order valence-corrected chi connectivity index (χ0v) is 12.1. The SMILES string of the molecule is CNc1nc(NCCc2csc(C)n2)c2cn[nH]c2n1. The third-order valence-electron chi connectivity index (χ3n) is 2.87. The Labute approximate surface area is 119 Å². The molecule has 20 heavy (non-hydrogen) atoms. The van der Waals surface area contributed by atoms with Crippen LogP contribution in [0, 0.1) is 6.92 Å². The van der Waals surface area contributed by atoms with Crippen LogP contribution < -0.4 is 10.6 Å². The molecule has 3 N–H and O–H groups in total. The summed E-state index contributed by atoms with van der Waals surface area (Å²) in [7, 11) is 1.79. The number of hydrogen-bond acceptors (Lipinski definition) is 7. The van der Waals surface area contributed by atoms with Gasteiger partial charge >= 0.3 is 0 Å². The van der Waals surface area contributed by atoms with E-state index in [9.17, 15) is 0 Å². The fraction of sp³-hybridized carbons (Fsp3) is 0.333. The van der Waals surface area contributed by atoms with Crippen molar-refractivity contribution in [2.75, 3.05) is 24.2 Å². The van der Waals surface area contributed by atoms with Crippen molar-refractivity contribution in [3.8, 4) is 0 Å². The van der Waals surface area contributed by atoms with Crippen LogP contribution in [0.4, 0.5) is 11.8 Å². The number of anilines is 2. The van der Waals surface area contributed by atoms with Gasteiger partial charge in [0.15, 0.2) is 5.65 Å². The molecule has 104 valence electrons. The molecule has 3 aromatic heterocycles. The maximum absolute atomic E-state index is 4.44. The van der Waals surface area contributed by atoms with Gasteiger partial charge in [-0.3, -0.25) is 5.10 Å². The summed E-state index contributed by atoms with van der Waals surface area (Å²) < 4.78 is 0. The van der Waals surface area contributed by atoms with E-state index in [1.54, 1.807) is 24.6 Å². The first-order chi connectivity index (χ1) is 9.76. The first-order valence-corrected chi connectivity index (χ1v) is 7.18. The summed E-state index contributed by atoms with van der Waals surface area (Å²) in [6.07, 6.45) is 2.59. The first-order valence-electron chi connectivity index (χ1n) is 6.30. The van der Waals surface area contributed by atoms with Crippen LogP contribution in [0.5, 0.6) is 0 Å². The van der Waals surface area contributed by atoms with Crippen LogP contribution in [0.15, 0.2) is 11.6 Å². The molecule has 8 heteroatoms. The van der Waals surface area contributed by atoms with Crippen LogP contribution in [-0.2, 0) is 6.42 Å². The molecular weight excluding hydrogens is 274 g/mol. The fourth-order valence-corrected chi connectivity index (χ4v) is 2.56. The smallest absolute Gasteiger partial charge is 0.226 e. The van der Waals surface area contributed by atoms with E-state index >= 15 is 0 Å². The zero-order valence-electron chi connectivity index (χ0n) is 11.3. The molecule has 3 aromatic rings. The first kappa shape index (κ1) is 12.8. The number of aryl methyl sites for hydroxylation is 1. The number of nitrogens with zero attached hydrogens (tertiary/aromatic N) is 4. The molecule has 0 saturated heterocycles. The predicted octanol–water partition coefficient (Wildman–Crippen LogP) is 1.81. The van der Waals surface area contributed by atoms with Crippen LogP contribution >= 0.6 is 11.3 Å². The van der Waals surface area contributed by atoms with Crippen molar-refractivity contribution in [1.29, 1.82) is 0 Å². The Morgan fingerprint density at radius 2 is 2.20 bits per heavy atom. The maximum atomic E-state index is 4.44. The van der Waals surface area contributed by atoms with E-state index in [-0.39, 0.29) is 0 Å². The zero-order chi connectivity index (χ0) is 13.9. The second kappa shape index (κ2) is 5.41. The van der Waals surface area contributed by atoms with Crippen LogP contribution in [0.1, 0.15) is 10.7 Å². The van der Waals surface area contributed by atoms with Crippen molar-refractivity contribution >= 4 is 34.1 Å². The van der Waals surface area contributed by atoms with Crippen molar-refractivity contribution in [3.63, 3.8) is 0 Å². The number of hydrogen-bond donors (Lipinski definition) is 3. The number of nitrogens with one attached hydrogen (secondary N) is 3. The molecule has 0 atom stereocenters. The minimum Gasteiger partial charge on any atom is -0.369 e. The largest absolute Gasteiger partial charge is 0.369 e. The molecule has 0 spiro atoms. The Morgan fingerprint density at radius 3 is 2.95 bits per heavy atom. The molecule has 7 nitrogen and oxygen atoms in total. The lowest BCUT2D eigenvalue weighted by molar-refractivity contribution is 0.961. The highest BCUT2D eigenvalue weighted by molar-refractivity contribution is 7.09. The molecular formula is C12H15N7S. The second-order valence-electron chi connectivity index (χ2n) is 4.31. The molecule has 0 aromatic carbocycles. The van der Waals surface area contributed by atoms with E-state index in [0.29, 0.717) is 5.95 Å². The molecule has 0 radical (unpaired) electrons. The summed E-state index contributed by atoms with van der Waals surface area (Å²) in [5.74, 6) is 1.34. The molecule has 0 fully saturated rings. The Balaban J connectivity index is 1.74. The molecule has 0 bridgehead atoms. The van der Waals surface area contributed by atoms with Gasteiger partial charge in [0.05, 0.1) is 22.3 Å². The molecule has 0 amide bonds. The summed E-state index contributed by atoms with van der Waals surface area (Å²) in [5.41, 5.74) is 1.82. The van der Waals surface area contributed by atoms with Crippen LogP contribution in [-0.4, -0.2) is 38.7 Å². The summed E-state index contributed by atoms with van der Waals surface area (Å²) >= 11 is 1.67. The minimum absolute atomic E-state index is 0.564. The van der Waals surface area contributed by atoms with Gasteiger partial charge in [0, 0.05) is 25.4 Å². The normalized spacial score (nSPS) is 10.9. The summed E-state index contributed by atoms with van der Waals surface area (Å²) in [4.78, 5) is 13.2. The highest BCUT2D eigenvalue weighted by Crippen LogP contribution is 2.19. The highest BCUT2D eigenvalue weighted by Gasteiger charge is 2.08. The van der Waals surface area contributed by atoms with Gasteiger partial charge in [0.25, 0.3) is 0 Å². The van der Waals surface area contributed by atoms with Gasteiger partial charge < -0.3 is 10.6 Å². The second-order valence-corrected chi connectivity index (χ2v) is 5.37. The van der Waals surface area contributed by atoms with E-state index in [1.807, 2.05) is 6.92 Å². The summed E-state index contributed by atoms with van der Waals surface area (Å²) in [6, 6.07) is 0. The third-order valence-corrected chi connectivity index (χ3v) is 3.70. The van der Waals surface area contributed by atoms with E-state index < -0.39 is 0 Å². The lowest BCUT2D eigenvalue weighted by Gasteiger charge is -2.07. The van der Waals surface area contributed by atoms with Gasteiger partial charge in [-0.2, -0.15) is 15.1 Å². The number of aromatic nitrogens is 5. The fourth-order valence-electron chi connectivity index (χ4n) is 1.91. The van der Waals surface area contributed by atoms with Crippen molar-refractivity contribution in [2.24, 2.45) is 0 Å². The number of fused-ring (bicyclic) bond motifs is 1. The highest BCUT2D eigenvalue weighted by atomic mass is 32.1. The van der Waals surface area contributed by atoms with Crippen LogP contribution in [0.25, 0.3) is 11.0 Å². The monoisotopic (exact) mass is 289 g/mol. The molecule has 0 aliphatic rings. The Bertz CT molecular complexity index is 717. The average Bonchev–Trinajstić information content (AvgIpc) is 3.07. The molecule has 3 rings (SSSR count). The van der Waals surface area contributed by atoms with Crippen molar-refractivity contribution in [1.82, 2.24) is 25.1 Å². The van der Waals surface area contributed by atoms with Crippen molar-refractivity contribution < 1.29 is 0 Å². The van der Waals surface area contributed by atoms with Gasteiger partial charge in [-0.25, -0.2) is 4.98 Å². The van der Waals surface area contributed by atoms with E-state index in [1.165, 1.54) is 0 Å².